The van der Waals surface area contributed by atoms with Gasteiger partial charge in [0, 0.05) is 46.5 Å². The Morgan fingerprint density at radius 1 is 0.443 bits per heavy atom. The first-order valence-corrected chi connectivity index (χ1v) is 26.3. The van der Waals surface area contributed by atoms with Crippen LogP contribution in [0, 0.1) is 0 Å². The van der Waals surface area contributed by atoms with Crippen molar-refractivity contribution in [1.29, 1.82) is 0 Å². The van der Waals surface area contributed by atoms with Crippen LogP contribution in [0.3, 0.4) is 0 Å². The van der Waals surface area contributed by atoms with Crippen molar-refractivity contribution in [3.8, 4) is 23.0 Å². The number of ketones is 3. The summed E-state index contributed by atoms with van der Waals surface area (Å²) >= 11 is 43.1. The van der Waals surface area contributed by atoms with E-state index in [1.54, 1.807) is 52.3 Å². The molecule has 0 amide bonds. The lowest BCUT2D eigenvalue weighted by Gasteiger charge is -2.18. The SMILES string of the molecule is CCC(=O)CCCC=C(c1cc(Cl)c(OC)c(C(=O)CC)c1)c1cc(Cl)c(OC)c(C(=O)CC)c1.CCC(=S)CCCC=C(c1cc(Cl)c(OC)c(C(=S)CC)c1)c1cc(Cl)c(OC)c(C(=S)CC)c1. The molecule has 0 radical (unpaired) electrons. The highest BCUT2D eigenvalue weighted by Gasteiger charge is 2.23. The summed E-state index contributed by atoms with van der Waals surface area (Å²) < 4.78 is 22.0. The van der Waals surface area contributed by atoms with Crippen LogP contribution in [0.25, 0.3) is 11.1 Å². The van der Waals surface area contributed by atoms with Crippen LogP contribution in [-0.4, -0.2) is 60.4 Å². The number of halogens is 4. The number of thiocarbonyl (C=S) groups is 3. The molecule has 0 atom stereocenters. The maximum atomic E-state index is 12.7. The van der Waals surface area contributed by atoms with Crippen LogP contribution in [0.4, 0.5) is 0 Å². The van der Waals surface area contributed by atoms with E-state index in [1.165, 1.54) is 14.2 Å². The molecule has 0 N–H and O–H groups in total. The highest BCUT2D eigenvalue weighted by molar-refractivity contribution is 7.81. The molecule has 0 fully saturated rings. The fourth-order valence-electron chi connectivity index (χ4n) is 7.67. The van der Waals surface area contributed by atoms with Crippen LogP contribution in [0.5, 0.6) is 23.0 Å². The molecule has 7 nitrogen and oxygen atoms in total. The maximum absolute atomic E-state index is 12.7. The third-order valence-corrected chi connectivity index (χ3v) is 14.2. The Kier molecular flexibility index (Phi) is 26.0. The molecule has 0 bridgehead atoms. The van der Waals surface area contributed by atoms with Crippen LogP contribution < -0.4 is 18.9 Å². The number of hydrogen-bond donors (Lipinski definition) is 0. The van der Waals surface area contributed by atoms with Gasteiger partial charge in [0.2, 0.25) is 0 Å². The highest BCUT2D eigenvalue weighted by atomic mass is 35.5. The van der Waals surface area contributed by atoms with E-state index >= 15 is 0 Å². The van der Waals surface area contributed by atoms with Crippen LogP contribution in [0.1, 0.15) is 173 Å². The molecule has 0 heterocycles. The minimum atomic E-state index is -0.104. The average Bonchev–Trinajstić information content (AvgIpc) is 3.36. The monoisotopic (exact) mass is 1080 g/mol. The lowest BCUT2D eigenvalue weighted by molar-refractivity contribution is -0.118. The summed E-state index contributed by atoms with van der Waals surface area (Å²) in [5.41, 5.74) is 7.42. The first-order valence-electron chi connectivity index (χ1n) is 23.5. The maximum Gasteiger partial charge on any atom is 0.166 e. The molecular formula is C56H64Cl4O7S3. The predicted molar refractivity (Wildman–Crippen MR) is 305 cm³/mol. The number of carbonyl (C=O) groups is 3. The smallest absolute Gasteiger partial charge is 0.166 e. The summed E-state index contributed by atoms with van der Waals surface area (Å²) in [6.45, 7) is 11.5. The van der Waals surface area contributed by atoms with Gasteiger partial charge in [0.1, 0.15) is 28.8 Å². The number of ether oxygens (including phenoxy) is 4. The summed E-state index contributed by atoms with van der Waals surface area (Å²) in [7, 11) is 6.16. The summed E-state index contributed by atoms with van der Waals surface area (Å²) in [6, 6.07) is 14.9. The van der Waals surface area contributed by atoms with E-state index < -0.39 is 0 Å². The van der Waals surface area contributed by atoms with Gasteiger partial charge in [-0.1, -0.05) is 137 Å². The zero-order valence-electron chi connectivity index (χ0n) is 41.9. The molecule has 0 aliphatic heterocycles. The first kappa shape index (κ1) is 60.3. The second-order valence-corrected chi connectivity index (χ2v) is 19.3. The van der Waals surface area contributed by atoms with Gasteiger partial charge in [-0.25, -0.2) is 0 Å². The van der Waals surface area contributed by atoms with Crippen LogP contribution >= 0.6 is 83.1 Å². The summed E-state index contributed by atoms with van der Waals surface area (Å²) in [4.78, 5) is 39.8. The Bertz CT molecular complexity index is 2310. The average molecular weight is 1090 g/mol. The topological polar surface area (TPSA) is 88.1 Å². The number of unbranched alkanes of at least 4 members (excludes halogenated alkanes) is 2. The summed E-state index contributed by atoms with van der Waals surface area (Å²) in [5, 5.41) is 1.63. The molecule has 0 saturated carbocycles. The van der Waals surface area contributed by atoms with Crippen molar-refractivity contribution in [3.63, 3.8) is 0 Å². The van der Waals surface area contributed by atoms with E-state index in [4.69, 9.17) is 102 Å². The van der Waals surface area contributed by atoms with Gasteiger partial charge in [-0.3, -0.25) is 14.4 Å². The highest BCUT2D eigenvalue weighted by Crippen LogP contribution is 2.41. The van der Waals surface area contributed by atoms with Crippen molar-refractivity contribution < 1.29 is 33.3 Å². The predicted octanol–water partition coefficient (Wildman–Crippen LogP) is 17.4. The van der Waals surface area contributed by atoms with E-state index in [2.05, 4.69) is 25.1 Å². The van der Waals surface area contributed by atoms with Gasteiger partial charge in [-0.05, 0) is 138 Å². The normalized spacial score (nSPS) is 10.6. The molecule has 4 rings (SSSR count). The molecule has 376 valence electrons. The third kappa shape index (κ3) is 16.0. The molecule has 14 heteroatoms. The zero-order valence-corrected chi connectivity index (χ0v) is 47.3. The van der Waals surface area contributed by atoms with Crippen LogP contribution in [-0.2, 0) is 4.79 Å². The van der Waals surface area contributed by atoms with E-state index in [0.717, 1.165) is 73.7 Å². The van der Waals surface area contributed by atoms with Crippen LogP contribution in [0.15, 0.2) is 60.7 Å². The van der Waals surface area contributed by atoms with E-state index in [9.17, 15) is 14.4 Å². The van der Waals surface area contributed by atoms with E-state index in [0.29, 0.717) is 104 Å². The fraction of sp³-hybridized carbons (Fsp3) is 0.393. The number of methoxy groups -OCH3 is 4. The third-order valence-electron chi connectivity index (χ3n) is 11.5. The Morgan fingerprint density at radius 2 is 0.757 bits per heavy atom. The summed E-state index contributed by atoms with van der Waals surface area (Å²) in [5.74, 6) is 1.83. The van der Waals surface area contributed by atoms with Crippen LogP contribution in [0.2, 0.25) is 20.1 Å². The second kappa shape index (κ2) is 30.1. The fourth-order valence-corrected chi connectivity index (χ4v) is 9.30. The molecule has 0 unspecified atom stereocenters. The van der Waals surface area contributed by atoms with Crippen molar-refractivity contribution >= 4 is 126 Å². The minimum absolute atomic E-state index is 0.104. The molecule has 0 aliphatic carbocycles. The first-order chi connectivity index (χ1) is 33.4. The molecule has 70 heavy (non-hydrogen) atoms. The molecule has 0 aromatic heterocycles. The standard InChI is InChI=1S/C28H32Cl2O5.C28H32Cl2O2S3/c1-6-19(31)11-9-10-12-20(17-13-21(25(32)7-2)27(34-4)23(29)15-17)18-14-22(26(33)8-3)28(35-5)24(30)16-18;1-6-19(33)11-9-10-12-20(17-13-21(25(34)7-2)27(31-4)23(29)15-17)18-14-22(26(35)8-3)28(32-5)24(30)16-18/h2*12-16H,6-11H2,1-5H3. The largest absolute Gasteiger partial charge is 0.495 e. The number of Topliss-reactive ketones (excluding diaryl/α,β-unsaturated/α-hetero) is 3. The number of benzene rings is 4. The number of rotatable bonds is 26. The lowest BCUT2D eigenvalue weighted by Crippen LogP contribution is -2.05. The molecular weight excluding hydrogens is 1020 g/mol. The van der Waals surface area contributed by atoms with E-state index in [-0.39, 0.29) is 30.2 Å². The van der Waals surface area contributed by atoms with Crippen molar-refractivity contribution in [2.45, 2.75) is 119 Å². The number of carbonyl (C=O) groups excluding carboxylic acids is 3. The van der Waals surface area contributed by atoms with Crippen molar-refractivity contribution in [1.82, 2.24) is 0 Å². The molecule has 0 saturated heterocycles. The van der Waals surface area contributed by atoms with Crippen molar-refractivity contribution in [2.75, 3.05) is 28.4 Å². The van der Waals surface area contributed by atoms with Gasteiger partial charge >= 0.3 is 0 Å². The lowest BCUT2D eigenvalue weighted by atomic mass is 9.91. The number of allylic oxidation sites excluding steroid dienone is 2. The quantitative estimate of drug-likeness (QED) is 0.0344. The Labute approximate surface area is 451 Å². The van der Waals surface area contributed by atoms with Gasteiger partial charge in [-0.2, -0.15) is 0 Å². The zero-order chi connectivity index (χ0) is 52.2. The van der Waals surface area contributed by atoms with Crippen molar-refractivity contribution in [3.05, 3.63) is 125 Å². The van der Waals surface area contributed by atoms with Gasteiger partial charge in [-0.15, -0.1) is 0 Å². The van der Waals surface area contributed by atoms with Gasteiger partial charge in [0.15, 0.2) is 11.6 Å². The second-order valence-electron chi connectivity index (χ2n) is 16.1. The van der Waals surface area contributed by atoms with Gasteiger partial charge < -0.3 is 18.9 Å². The Hall–Kier alpha value is -4.00. The minimum Gasteiger partial charge on any atom is -0.495 e. The molecule has 0 aliphatic rings. The number of hydrogen-bond acceptors (Lipinski definition) is 10. The molecule has 4 aromatic rings. The Balaban J connectivity index is 0.000000370. The Morgan fingerprint density at radius 3 is 1.04 bits per heavy atom. The van der Waals surface area contributed by atoms with Crippen molar-refractivity contribution in [2.24, 2.45) is 0 Å². The summed E-state index contributed by atoms with van der Waals surface area (Å²) in [6.07, 6.45) is 12.1. The van der Waals surface area contributed by atoms with Gasteiger partial charge in [0.25, 0.3) is 0 Å². The van der Waals surface area contributed by atoms with Gasteiger partial charge in [0.05, 0.1) is 59.7 Å². The molecule has 0 spiro atoms. The van der Waals surface area contributed by atoms with E-state index in [1.807, 2.05) is 39.0 Å². The molecule has 4 aromatic carbocycles.